The second-order valence-electron chi connectivity index (χ2n) is 10.9. The fourth-order valence-electron chi connectivity index (χ4n) is 6.24. The van der Waals surface area contributed by atoms with Crippen molar-refractivity contribution in [3.63, 3.8) is 0 Å². The minimum Gasteiger partial charge on any atom is -0.357 e. The zero-order chi connectivity index (χ0) is 26.9. The van der Waals surface area contributed by atoms with E-state index in [0.717, 1.165) is 31.8 Å². The Kier molecular flexibility index (Phi) is 10.0. The van der Waals surface area contributed by atoms with Crippen LogP contribution in [0.4, 0.5) is 0 Å². The van der Waals surface area contributed by atoms with E-state index in [1.807, 2.05) is 6.07 Å². The van der Waals surface area contributed by atoms with E-state index in [2.05, 4.69) is 98.9 Å². The molecule has 37 heavy (non-hydrogen) atoms. The van der Waals surface area contributed by atoms with Crippen LogP contribution in [0.5, 0.6) is 0 Å². The van der Waals surface area contributed by atoms with Gasteiger partial charge in [-0.25, -0.2) is 0 Å². The molecule has 1 aliphatic carbocycles. The number of carbonyl (C=O) groups is 1. The molecule has 1 saturated carbocycles. The van der Waals surface area contributed by atoms with Crippen molar-refractivity contribution in [3.8, 4) is 12.3 Å². The van der Waals surface area contributed by atoms with Crippen molar-refractivity contribution < 1.29 is 4.79 Å². The maximum absolute atomic E-state index is 10.7. The van der Waals surface area contributed by atoms with E-state index in [1.165, 1.54) is 53.4 Å². The predicted octanol–water partition coefficient (Wildman–Crippen LogP) is 7.09. The number of fused-ring (bicyclic) bond motifs is 3. The van der Waals surface area contributed by atoms with Crippen molar-refractivity contribution in [1.82, 2.24) is 15.2 Å². The molecular weight excluding hydrogens is 454 g/mol. The molecular formula is C33H45N3O. The number of hydrogen-bond donors (Lipinski definition) is 2. The number of terminal acetylenes is 1. The number of carbonyl (C=O) groups excluding carboxylic acids is 1. The van der Waals surface area contributed by atoms with E-state index in [0.29, 0.717) is 17.5 Å². The molecule has 5 rings (SSSR count). The van der Waals surface area contributed by atoms with Crippen LogP contribution in [0.15, 0.2) is 54.6 Å². The van der Waals surface area contributed by atoms with E-state index < -0.39 is 0 Å². The summed E-state index contributed by atoms with van der Waals surface area (Å²) in [6, 6.07) is 19.1. The molecule has 198 valence electrons. The Morgan fingerprint density at radius 2 is 1.78 bits per heavy atom. The number of nitrogens with one attached hydrogen (secondary N) is 2. The van der Waals surface area contributed by atoms with Crippen LogP contribution in [0.3, 0.4) is 0 Å². The summed E-state index contributed by atoms with van der Waals surface area (Å²) in [6.45, 7) is 13.6. The third-order valence-electron chi connectivity index (χ3n) is 8.14. The molecule has 2 aromatic carbocycles. The van der Waals surface area contributed by atoms with E-state index in [1.54, 1.807) is 11.8 Å². The molecule has 2 aliphatic rings. The number of H-pyrrole nitrogens is 1. The van der Waals surface area contributed by atoms with Gasteiger partial charge in [0.2, 0.25) is 6.41 Å². The van der Waals surface area contributed by atoms with E-state index in [-0.39, 0.29) is 0 Å². The molecule has 1 aliphatic heterocycles. The van der Waals surface area contributed by atoms with E-state index >= 15 is 0 Å². The number of rotatable bonds is 8. The van der Waals surface area contributed by atoms with Crippen molar-refractivity contribution in [1.29, 1.82) is 0 Å². The van der Waals surface area contributed by atoms with Gasteiger partial charge < -0.3 is 15.2 Å². The Hall–Kier alpha value is -3.03. The Labute approximate surface area is 224 Å². The summed E-state index contributed by atoms with van der Waals surface area (Å²) in [4.78, 5) is 15.9. The smallest absolute Gasteiger partial charge is 0.210 e. The first kappa shape index (κ1) is 28.5. The number of amides is 1. The van der Waals surface area contributed by atoms with Gasteiger partial charge in [0, 0.05) is 35.2 Å². The van der Waals surface area contributed by atoms with Crippen LogP contribution < -0.4 is 5.32 Å². The van der Waals surface area contributed by atoms with Crippen molar-refractivity contribution >= 4 is 17.3 Å². The van der Waals surface area contributed by atoms with Crippen LogP contribution >= 0.6 is 0 Å². The molecule has 1 amide bonds. The largest absolute Gasteiger partial charge is 0.357 e. The molecule has 0 spiro atoms. The molecule has 0 radical (unpaired) electrons. The predicted molar refractivity (Wildman–Crippen MR) is 156 cm³/mol. The topological polar surface area (TPSA) is 48.1 Å². The Morgan fingerprint density at radius 1 is 1.11 bits per heavy atom. The third kappa shape index (κ3) is 6.65. The molecule has 2 atom stereocenters. The van der Waals surface area contributed by atoms with Crippen molar-refractivity contribution in [2.45, 2.75) is 85.4 Å². The minimum atomic E-state index is 0.391. The van der Waals surface area contributed by atoms with Gasteiger partial charge in [0.25, 0.3) is 0 Å². The Bertz CT molecular complexity index is 1180. The Morgan fingerprint density at radius 3 is 2.41 bits per heavy atom. The quantitative estimate of drug-likeness (QED) is 0.257. The summed E-state index contributed by atoms with van der Waals surface area (Å²) in [5.41, 5.74) is 6.08. The lowest BCUT2D eigenvalue weighted by atomic mass is 9.86. The normalized spacial score (nSPS) is 21.7. The maximum atomic E-state index is 10.7. The summed E-state index contributed by atoms with van der Waals surface area (Å²) in [5.74, 6) is 3.05. The average Bonchev–Trinajstić information content (AvgIpc) is 3.39. The monoisotopic (exact) mass is 499 g/mol. The number of para-hydroxylation sites is 1. The van der Waals surface area contributed by atoms with Crippen LogP contribution in [-0.2, 0) is 24.3 Å². The van der Waals surface area contributed by atoms with Crippen molar-refractivity contribution in [2.75, 3.05) is 6.54 Å². The lowest BCUT2D eigenvalue weighted by Gasteiger charge is -2.27. The number of nitrogens with zero attached hydrogens (tertiary/aromatic N) is 1. The lowest BCUT2D eigenvalue weighted by Crippen LogP contribution is -2.36. The Balaban J connectivity index is 0.000000189. The summed E-state index contributed by atoms with van der Waals surface area (Å²) in [6.07, 6.45) is 11.8. The fourth-order valence-corrected chi connectivity index (χ4v) is 6.24. The molecule has 4 nitrogen and oxygen atoms in total. The van der Waals surface area contributed by atoms with Crippen LogP contribution in [0.25, 0.3) is 10.9 Å². The van der Waals surface area contributed by atoms with Crippen molar-refractivity contribution in [3.05, 3.63) is 71.4 Å². The van der Waals surface area contributed by atoms with Crippen LogP contribution in [0.1, 0.15) is 77.1 Å². The summed E-state index contributed by atoms with van der Waals surface area (Å²) in [5, 5.41) is 5.19. The van der Waals surface area contributed by atoms with Gasteiger partial charge in [-0.15, -0.1) is 12.3 Å². The molecule has 0 saturated heterocycles. The molecule has 3 aromatic rings. The first-order chi connectivity index (χ1) is 17.9. The molecule has 4 heteroatoms. The molecule has 1 fully saturated rings. The van der Waals surface area contributed by atoms with Gasteiger partial charge in [-0.3, -0.25) is 4.79 Å². The first-order valence-electron chi connectivity index (χ1n) is 13.8. The third-order valence-corrected chi connectivity index (χ3v) is 8.14. The van der Waals surface area contributed by atoms with Gasteiger partial charge in [-0.05, 0) is 67.6 Å². The summed E-state index contributed by atoms with van der Waals surface area (Å²) in [7, 11) is 0. The molecule has 2 N–H and O–H groups in total. The molecule has 0 bridgehead atoms. The number of aromatic amines is 1. The molecule has 2 heterocycles. The number of aromatic nitrogens is 1. The second-order valence-corrected chi connectivity index (χ2v) is 10.9. The van der Waals surface area contributed by atoms with Crippen LogP contribution in [0.2, 0.25) is 0 Å². The second kappa shape index (κ2) is 13.0. The van der Waals surface area contributed by atoms with E-state index in [9.17, 15) is 4.79 Å². The van der Waals surface area contributed by atoms with Gasteiger partial charge in [-0.1, -0.05) is 76.2 Å². The average molecular weight is 500 g/mol. The van der Waals surface area contributed by atoms with Gasteiger partial charge >= 0.3 is 0 Å². The fraction of sp³-hybridized carbons (Fsp3) is 0.485. The van der Waals surface area contributed by atoms with E-state index in [4.69, 9.17) is 0 Å². The van der Waals surface area contributed by atoms with Crippen molar-refractivity contribution in [2.24, 2.45) is 11.3 Å². The van der Waals surface area contributed by atoms with Gasteiger partial charge in [-0.2, -0.15) is 0 Å². The van der Waals surface area contributed by atoms with Crippen LogP contribution in [-0.4, -0.2) is 28.4 Å². The maximum Gasteiger partial charge on any atom is 0.210 e. The lowest BCUT2D eigenvalue weighted by molar-refractivity contribution is -0.118. The molecule has 2 unspecified atom stereocenters. The highest BCUT2D eigenvalue weighted by atomic mass is 16.1. The summed E-state index contributed by atoms with van der Waals surface area (Å²) >= 11 is 0. The van der Waals surface area contributed by atoms with Gasteiger partial charge in [0.05, 0.1) is 6.54 Å². The highest BCUT2D eigenvalue weighted by Gasteiger charge is 2.64. The summed E-state index contributed by atoms with van der Waals surface area (Å²) < 4.78 is 0. The minimum absolute atomic E-state index is 0.391. The number of benzene rings is 2. The SMILES string of the molecule is C#CC.CCC1(CC(C)C)CC1(CC)NCc1ccccc1.O=CN1CCc2c([nH]c3ccccc23)C1. The highest BCUT2D eigenvalue weighted by molar-refractivity contribution is 5.85. The van der Waals surface area contributed by atoms with Crippen LogP contribution in [0, 0.1) is 23.7 Å². The van der Waals surface area contributed by atoms with Gasteiger partial charge in [0.15, 0.2) is 0 Å². The highest BCUT2D eigenvalue weighted by Crippen LogP contribution is 2.63. The van der Waals surface area contributed by atoms with Gasteiger partial charge in [0.1, 0.15) is 0 Å². The molecule has 1 aromatic heterocycles. The zero-order valence-electron chi connectivity index (χ0n) is 23.4. The standard InChI is InChI=1S/C18H29N.C12H12N2O.C3H4/c1-5-17(12-15(3)4)14-18(17,6-2)19-13-16-10-8-7-9-11-16;15-8-14-6-5-10-9-3-1-2-4-11(9)13-12(10)7-14;1-3-2/h7-11,15,19H,5-6,12-14H2,1-4H3;1-4,8,13H,5-7H2;1H,2H3. The first-order valence-corrected chi connectivity index (χ1v) is 13.8. The number of hydrogen-bond acceptors (Lipinski definition) is 2. The zero-order valence-corrected chi connectivity index (χ0v) is 23.4.